The summed E-state index contributed by atoms with van der Waals surface area (Å²) in [5.41, 5.74) is 1.29. The highest BCUT2D eigenvalue weighted by atomic mass is 16.3. The molecule has 0 aliphatic rings. The summed E-state index contributed by atoms with van der Waals surface area (Å²) in [6, 6.07) is 11.0. The van der Waals surface area contributed by atoms with E-state index in [0.717, 1.165) is 6.42 Å². The minimum absolute atomic E-state index is 0.169. The van der Waals surface area contributed by atoms with Crippen molar-refractivity contribution in [2.45, 2.75) is 70.9 Å². The number of aliphatic hydroxyl groups excluding tert-OH is 1. The summed E-state index contributed by atoms with van der Waals surface area (Å²) in [7, 11) is 0. The largest absolute Gasteiger partial charge is 0.395 e. The second-order valence-electron chi connectivity index (χ2n) is 5.84. The minimum Gasteiger partial charge on any atom is -0.395 e. The lowest BCUT2D eigenvalue weighted by Gasteiger charge is -2.22. The van der Waals surface area contributed by atoms with E-state index >= 15 is 0 Å². The van der Waals surface area contributed by atoms with Crippen LogP contribution in [0.2, 0.25) is 0 Å². The summed E-state index contributed by atoms with van der Waals surface area (Å²) in [5.74, 6) is 0. The fraction of sp³-hybridized carbons (Fsp3) is 0.667. The SMILES string of the molecule is CCCCCCCC(C)N[C@@H](CO)Cc1ccccc1. The Morgan fingerprint density at radius 3 is 2.40 bits per heavy atom. The Labute approximate surface area is 124 Å². The Bertz CT molecular complexity index is 325. The van der Waals surface area contributed by atoms with Crippen molar-refractivity contribution in [3.8, 4) is 0 Å². The summed E-state index contributed by atoms with van der Waals surface area (Å²) in [5, 5.41) is 13.1. The van der Waals surface area contributed by atoms with E-state index < -0.39 is 0 Å². The average Bonchev–Trinajstić information content (AvgIpc) is 2.47. The van der Waals surface area contributed by atoms with Crippen LogP contribution in [0.15, 0.2) is 30.3 Å². The smallest absolute Gasteiger partial charge is 0.0587 e. The minimum atomic E-state index is 0.169. The van der Waals surface area contributed by atoms with Gasteiger partial charge >= 0.3 is 0 Å². The number of benzene rings is 1. The quantitative estimate of drug-likeness (QED) is 0.601. The van der Waals surface area contributed by atoms with E-state index in [1.165, 1.54) is 44.1 Å². The van der Waals surface area contributed by atoms with Crippen LogP contribution in [-0.4, -0.2) is 23.8 Å². The third-order valence-corrected chi connectivity index (χ3v) is 3.81. The molecule has 0 bridgehead atoms. The highest BCUT2D eigenvalue weighted by Crippen LogP contribution is 2.09. The van der Waals surface area contributed by atoms with Crippen molar-refractivity contribution in [1.82, 2.24) is 5.32 Å². The van der Waals surface area contributed by atoms with E-state index in [9.17, 15) is 5.11 Å². The van der Waals surface area contributed by atoms with E-state index in [1.54, 1.807) is 0 Å². The summed E-state index contributed by atoms with van der Waals surface area (Å²) < 4.78 is 0. The second-order valence-corrected chi connectivity index (χ2v) is 5.84. The van der Waals surface area contributed by atoms with Crippen molar-refractivity contribution >= 4 is 0 Å². The summed E-state index contributed by atoms with van der Waals surface area (Å²) in [6.07, 6.45) is 8.75. The van der Waals surface area contributed by atoms with Gasteiger partial charge in [-0.1, -0.05) is 69.4 Å². The monoisotopic (exact) mass is 277 g/mol. The zero-order valence-electron chi connectivity index (χ0n) is 13.1. The standard InChI is InChI=1S/C18H31NO/c1-3-4-5-6-8-11-16(2)19-18(15-20)14-17-12-9-7-10-13-17/h7,9-10,12-13,16,18-20H,3-6,8,11,14-15H2,1-2H3/t16?,18-/m1/s1. The van der Waals surface area contributed by atoms with Gasteiger partial charge in [-0.05, 0) is 25.3 Å². The van der Waals surface area contributed by atoms with Crippen LogP contribution in [0.25, 0.3) is 0 Å². The van der Waals surface area contributed by atoms with Crippen molar-refractivity contribution in [3.05, 3.63) is 35.9 Å². The Kier molecular flexibility index (Phi) is 9.35. The molecule has 1 unspecified atom stereocenters. The molecule has 2 nitrogen and oxygen atoms in total. The van der Waals surface area contributed by atoms with Gasteiger partial charge in [0.2, 0.25) is 0 Å². The van der Waals surface area contributed by atoms with E-state index in [-0.39, 0.29) is 12.6 Å². The van der Waals surface area contributed by atoms with Gasteiger partial charge in [0.1, 0.15) is 0 Å². The Hall–Kier alpha value is -0.860. The zero-order valence-corrected chi connectivity index (χ0v) is 13.1. The lowest BCUT2D eigenvalue weighted by molar-refractivity contribution is 0.229. The molecule has 0 aliphatic carbocycles. The molecule has 20 heavy (non-hydrogen) atoms. The van der Waals surface area contributed by atoms with Gasteiger partial charge < -0.3 is 10.4 Å². The molecule has 0 fully saturated rings. The molecule has 2 heteroatoms. The molecule has 0 aromatic heterocycles. The first-order valence-electron chi connectivity index (χ1n) is 8.17. The van der Waals surface area contributed by atoms with Crippen molar-refractivity contribution < 1.29 is 5.11 Å². The van der Waals surface area contributed by atoms with E-state index in [1.807, 2.05) is 6.07 Å². The van der Waals surface area contributed by atoms with Gasteiger partial charge in [-0.15, -0.1) is 0 Å². The number of unbranched alkanes of at least 4 members (excludes halogenated alkanes) is 4. The van der Waals surface area contributed by atoms with Gasteiger partial charge in [0.25, 0.3) is 0 Å². The van der Waals surface area contributed by atoms with Crippen molar-refractivity contribution in [2.75, 3.05) is 6.61 Å². The molecule has 0 radical (unpaired) electrons. The van der Waals surface area contributed by atoms with Gasteiger partial charge in [0, 0.05) is 12.1 Å². The molecule has 0 amide bonds. The van der Waals surface area contributed by atoms with Crippen LogP contribution in [0.4, 0.5) is 0 Å². The van der Waals surface area contributed by atoms with Gasteiger partial charge in [-0.25, -0.2) is 0 Å². The summed E-state index contributed by atoms with van der Waals surface area (Å²) in [6.45, 7) is 4.68. The van der Waals surface area contributed by atoms with Crippen molar-refractivity contribution in [3.63, 3.8) is 0 Å². The molecule has 0 aliphatic heterocycles. The fourth-order valence-electron chi connectivity index (χ4n) is 2.61. The molecule has 2 atom stereocenters. The predicted octanol–water partition coefficient (Wildman–Crippen LogP) is 3.93. The van der Waals surface area contributed by atoms with Crippen LogP contribution in [0.5, 0.6) is 0 Å². The molecular formula is C18H31NO. The van der Waals surface area contributed by atoms with Crippen LogP contribution in [-0.2, 0) is 6.42 Å². The molecule has 2 N–H and O–H groups in total. The average molecular weight is 277 g/mol. The Morgan fingerprint density at radius 2 is 1.75 bits per heavy atom. The van der Waals surface area contributed by atoms with Crippen molar-refractivity contribution in [2.24, 2.45) is 0 Å². The van der Waals surface area contributed by atoms with Crippen LogP contribution in [0, 0.1) is 0 Å². The molecule has 1 rings (SSSR count). The van der Waals surface area contributed by atoms with Crippen LogP contribution >= 0.6 is 0 Å². The lowest BCUT2D eigenvalue weighted by Crippen LogP contribution is -2.40. The molecule has 1 aromatic carbocycles. The fourth-order valence-corrected chi connectivity index (χ4v) is 2.61. The first-order valence-corrected chi connectivity index (χ1v) is 8.17. The molecule has 114 valence electrons. The second kappa shape index (κ2) is 10.9. The van der Waals surface area contributed by atoms with Crippen LogP contribution < -0.4 is 5.32 Å². The molecule has 0 saturated carbocycles. The molecule has 1 aromatic rings. The topological polar surface area (TPSA) is 32.3 Å². The number of hydrogen-bond donors (Lipinski definition) is 2. The first kappa shape index (κ1) is 17.2. The maximum atomic E-state index is 9.52. The first-order chi connectivity index (χ1) is 9.76. The highest BCUT2D eigenvalue weighted by Gasteiger charge is 2.11. The van der Waals surface area contributed by atoms with E-state index in [4.69, 9.17) is 0 Å². The number of hydrogen-bond acceptors (Lipinski definition) is 2. The number of rotatable bonds is 11. The normalized spacial score (nSPS) is 14.2. The molecular weight excluding hydrogens is 246 g/mol. The number of aliphatic hydroxyl groups is 1. The third kappa shape index (κ3) is 7.66. The lowest BCUT2D eigenvalue weighted by atomic mass is 10.0. The highest BCUT2D eigenvalue weighted by molar-refractivity contribution is 5.15. The predicted molar refractivity (Wildman–Crippen MR) is 87.0 cm³/mol. The maximum Gasteiger partial charge on any atom is 0.0587 e. The van der Waals surface area contributed by atoms with Gasteiger partial charge in [-0.2, -0.15) is 0 Å². The van der Waals surface area contributed by atoms with Crippen LogP contribution in [0.1, 0.15) is 57.9 Å². The molecule has 0 spiro atoms. The summed E-state index contributed by atoms with van der Waals surface area (Å²) in [4.78, 5) is 0. The van der Waals surface area contributed by atoms with Gasteiger partial charge in [0.15, 0.2) is 0 Å². The van der Waals surface area contributed by atoms with Gasteiger partial charge in [0.05, 0.1) is 6.61 Å². The van der Waals surface area contributed by atoms with Crippen molar-refractivity contribution in [1.29, 1.82) is 0 Å². The molecule has 0 saturated heterocycles. The zero-order chi connectivity index (χ0) is 14.6. The number of nitrogens with one attached hydrogen (secondary N) is 1. The Balaban J connectivity index is 2.22. The Morgan fingerprint density at radius 1 is 1.05 bits per heavy atom. The maximum absolute atomic E-state index is 9.52. The summed E-state index contributed by atoms with van der Waals surface area (Å²) >= 11 is 0. The van der Waals surface area contributed by atoms with Gasteiger partial charge in [-0.3, -0.25) is 0 Å². The van der Waals surface area contributed by atoms with E-state index in [2.05, 4.69) is 43.4 Å². The van der Waals surface area contributed by atoms with E-state index in [0.29, 0.717) is 6.04 Å². The van der Waals surface area contributed by atoms with Crippen LogP contribution in [0.3, 0.4) is 0 Å². The third-order valence-electron chi connectivity index (χ3n) is 3.81. The molecule has 0 heterocycles.